The van der Waals surface area contributed by atoms with Gasteiger partial charge in [-0.1, -0.05) is 0 Å². The minimum absolute atomic E-state index is 0.0331. The first-order valence-corrected chi connectivity index (χ1v) is 7.29. The summed E-state index contributed by atoms with van der Waals surface area (Å²) < 4.78 is 50.1. The van der Waals surface area contributed by atoms with Gasteiger partial charge in [-0.25, -0.2) is 4.79 Å². The fourth-order valence-corrected chi connectivity index (χ4v) is 2.90. The third-order valence-electron chi connectivity index (χ3n) is 4.11. The van der Waals surface area contributed by atoms with Crippen LogP contribution >= 0.6 is 0 Å². The van der Waals surface area contributed by atoms with Crippen LogP contribution in [0.1, 0.15) is 18.5 Å². The fraction of sp³-hybridized carbons (Fsp3) is 0.467. The number of aliphatic hydroxyl groups is 1. The van der Waals surface area contributed by atoms with Gasteiger partial charge in [0.1, 0.15) is 5.78 Å². The number of amides is 2. The van der Waals surface area contributed by atoms with Gasteiger partial charge in [-0.15, -0.1) is 0 Å². The number of urea groups is 1. The van der Waals surface area contributed by atoms with Crippen molar-refractivity contribution < 1.29 is 42.4 Å². The average Bonchev–Trinajstić information content (AvgIpc) is 2.52. The summed E-state index contributed by atoms with van der Waals surface area (Å²) in [7, 11) is 2.40. The lowest BCUT2D eigenvalue weighted by molar-refractivity contribution is -0.290. The summed E-state index contributed by atoms with van der Waals surface area (Å²) >= 11 is 0. The summed E-state index contributed by atoms with van der Waals surface area (Å²) in [6.07, 6.45) is -5.32. The molecular formula is C15H17F3N2O6. The van der Waals surface area contributed by atoms with Gasteiger partial charge in [-0.2, -0.15) is 13.2 Å². The summed E-state index contributed by atoms with van der Waals surface area (Å²) in [5, 5.41) is 23.6. The average molecular weight is 378 g/mol. The van der Waals surface area contributed by atoms with Crippen LogP contribution in [0.5, 0.6) is 17.2 Å². The van der Waals surface area contributed by atoms with E-state index < -0.39 is 41.4 Å². The lowest BCUT2D eigenvalue weighted by Gasteiger charge is -2.44. The predicted octanol–water partition coefficient (Wildman–Crippen LogP) is 1.22. The maximum absolute atomic E-state index is 13.4. The maximum Gasteiger partial charge on any atom is 0.437 e. The molecule has 1 aliphatic heterocycles. The second-order valence-electron chi connectivity index (χ2n) is 5.70. The third kappa shape index (κ3) is 3.09. The molecule has 0 spiro atoms. The van der Waals surface area contributed by atoms with Crippen molar-refractivity contribution in [2.75, 3.05) is 14.2 Å². The summed E-state index contributed by atoms with van der Waals surface area (Å²) in [5.41, 5.74) is -3.81. The molecule has 0 bridgehead atoms. The highest BCUT2D eigenvalue weighted by Gasteiger charge is 2.65. The lowest BCUT2D eigenvalue weighted by Crippen LogP contribution is -2.72. The molecule has 2 amide bonds. The van der Waals surface area contributed by atoms with Crippen LogP contribution in [0.2, 0.25) is 0 Å². The summed E-state index contributed by atoms with van der Waals surface area (Å²) in [4.78, 5) is 23.7. The van der Waals surface area contributed by atoms with Crippen molar-refractivity contribution in [1.82, 2.24) is 10.6 Å². The van der Waals surface area contributed by atoms with Crippen LogP contribution in [0.25, 0.3) is 0 Å². The summed E-state index contributed by atoms with van der Waals surface area (Å²) in [6.45, 7) is 0.864. The van der Waals surface area contributed by atoms with Crippen molar-refractivity contribution in [3.8, 4) is 17.2 Å². The number of benzene rings is 1. The van der Waals surface area contributed by atoms with E-state index in [9.17, 15) is 33.0 Å². The first-order valence-electron chi connectivity index (χ1n) is 7.29. The van der Waals surface area contributed by atoms with Crippen LogP contribution in [0.4, 0.5) is 18.0 Å². The Morgan fingerprint density at radius 2 is 1.73 bits per heavy atom. The van der Waals surface area contributed by atoms with Crippen molar-refractivity contribution in [1.29, 1.82) is 0 Å². The number of rotatable bonds is 4. The molecule has 144 valence electrons. The van der Waals surface area contributed by atoms with Gasteiger partial charge in [0.05, 0.1) is 26.2 Å². The Hall–Kier alpha value is -2.69. The third-order valence-corrected chi connectivity index (χ3v) is 4.11. The molecule has 1 aromatic rings. The number of hydrogen-bond acceptors (Lipinski definition) is 6. The second-order valence-corrected chi connectivity index (χ2v) is 5.70. The molecule has 0 unspecified atom stereocenters. The predicted molar refractivity (Wildman–Crippen MR) is 80.8 cm³/mol. The normalized spacial score (nSPS) is 25.9. The highest BCUT2D eigenvalue weighted by molar-refractivity contribution is 5.86. The summed E-state index contributed by atoms with van der Waals surface area (Å²) in [6, 6.07) is -0.601. The van der Waals surface area contributed by atoms with Gasteiger partial charge >= 0.3 is 12.2 Å². The SMILES string of the molecule is COc1cc([C@@H]2NC(=O)N[C@@](O)(C(F)(F)F)[C@H]2C(C)=O)cc(OC)c1O. The van der Waals surface area contributed by atoms with Crippen LogP contribution in [0.3, 0.4) is 0 Å². The number of methoxy groups -OCH3 is 2. The van der Waals surface area contributed by atoms with Gasteiger partial charge < -0.3 is 30.3 Å². The Morgan fingerprint density at radius 1 is 1.23 bits per heavy atom. The number of Topliss-reactive ketones (excluding diaryl/α,β-unsaturated/α-hetero) is 1. The van der Waals surface area contributed by atoms with Crippen molar-refractivity contribution in [3.63, 3.8) is 0 Å². The number of ketones is 1. The fourth-order valence-electron chi connectivity index (χ4n) is 2.90. The number of carbonyl (C=O) groups is 2. The smallest absolute Gasteiger partial charge is 0.437 e. The second kappa shape index (κ2) is 6.56. The lowest BCUT2D eigenvalue weighted by atomic mass is 9.79. The molecule has 0 aromatic heterocycles. The number of aromatic hydroxyl groups is 1. The van der Waals surface area contributed by atoms with E-state index in [2.05, 4.69) is 5.32 Å². The van der Waals surface area contributed by atoms with Gasteiger partial charge in [0, 0.05) is 0 Å². The van der Waals surface area contributed by atoms with Gasteiger partial charge in [-0.3, -0.25) is 4.79 Å². The zero-order chi connectivity index (χ0) is 19.9. The van der Waals surface area contributed by atoms with Gasteiger partial charge in [0.25, 0.3) is 0 Å². The van der Waals surface area contributed by atoms with Crippen LogP contribution in [0.15, 0.2) is 12.1 Å². The number of phenolic OH excluding ortho intramolecular Hbond substituents is 1. The molecule has 1 heterocycles. The quantitative estimate of drug-likeness (QED) is 0.626. The highest BCUT2D eigenvalue weighted by Crippen LogP contribution is 2.46. The number of hydrogen-bond donors (Lipinski definition) is 4. The van der Waals surface area contributed by atoms with E-state index in [0.29, 0.717) is 0 Å². The molecule has 8 nitrogen and oxygen atoms in total. The number of nitrogens with one attached hydrogen (secondary N) is 2. The topological polar surface area (TPSA) is 117 Å². The molecule has 26 heavy (non-hydrogen) atoms. The highest BCUT2D eigenvalue weighted by atomic mass is 19.4. The monoisotopic (exact) mass is 378 g/mol. The first kappa shape index (κ1) is 19.6. The van der Waals surface area contributed by atoms with Crippen LogP contribution in [-0.2, 0) is 4.79 Å². The van der Waals surface area contributed by atoms with E-state index in [1.54, 1.807) is 0 Å². The molecule has 4 N–H and O–H groups in total. The van der Waals surface area contributed by atoms with E-state index in [0.717, 1.165) is 19.1 Å². The minimum Gasteiger partial charge on any atom is -0.502 e. The van der Waals surface area contributed by atoms with Gasteiger partial charge in [-0.05, 0) is 24.6 Å². The number of halogens is 3. The Bertz CT molecular complexity index is 714. The molecule has 0 saturated carbocycles. The van der Waals surface area contributed by atoms with Gasteiger partial charge in [0.15, 0.2) is 11.5 Å². The molecule has 0 radical (unpaired) electrons. The molecule has 1 aliphatic rings. The molecule has 0 aliphatic carbocycles. The van der Waals surface area contributed by atoms with E-state index in [1.807, 2.05) is 0 Å². The van der Waals surface area contributed by atoms with Crippen LogP contribution in [0, 0.1) is 5.92 Å². The van der Waals surface area contributed by atoms with Crippen LogP contribution in [-0.4, -0.2) is 48.1 Å². The first-order chi connectivity index (χ1) is 12.0. The molecule has 1 saturated heterocycles. The minimum atomic E-state index is -5.32. The number of carbonyl (C=O) groups excluding carboxylic acids is 2. The van der Waals surface area contributed by atoms with Crippen molar-refractivity contribution in [3.05, 3.63) is 17.7 Å². The van der Waals surface area contributed by atoms with E-state index in [1.165, 1.54) is 19.5 Å². The van der Waals surface area contributed by atoms with Crippen molar-refractivity contribution in [2.45, 2.75) is 24.9 Å². The number of ether oxygens (including phenoxy) is 2. The Kier molecular flexibility index (Phi) is 4.95. The zero-order valence-corrected chi connectivity index (χ0v) is 14.0. The Morgan fingerprint density at radius 3 is 2.12 bits per heavy atom. The standard InChI is InChI=1S/C15H17F3N2O6/c1-6(21)10-11(19-13(23)20-14(10,24)15(16,17)18)7-4-8(25-2)12(22)9(5-7)26-3/h4-5,10-11,22,24H,1-3H3,(H2,19,20,23)/t10-,11-,14-/m0/s1. The van der Waals surface area contributed by atoms with Crippen LogP contribution < -0.4 is 20.1 Å². The molecule has 1 aromatic carbocycles. The Labute approximate surface area is 145 Å². The van der Waals surface area contributed by atoms with Crippen molar-refractivity contribution >= 4 is 11.8 Å². The Balaban J connectivity index is 2.66. The molecular weight excluding hydrogens is 361 g/mol. The molecule has 2 rings (SSSR count). The van der Waals surface area contributed by atoms with Crippen molar-refractivity contribution in [2.24, 2.45) is 5.92 Å². The largest absolute Gasteiger partial charge is 0.502 e. The zero-order valence-electron chi connectivity index (χ0n) is 14.0. The van der Waals surface area contributed by atoms with E-state index in [-0.39, 0.29) is 17.1 Å². The van der Waals surface area contributed by atoms with Gasteiger partial charge in [0.2, 0.25) is 11.5 Å². The maximum atomic E-state index is 13.4. The number of alkyl halides is 3. The molecule has 11 heteroatoms. The van der Waals surface area contributed by atoms with E-state index >= 15 is 0 Å². The molecule has 1 fully saturated rings. The summed E-state index contributed by atoms with van der Waals surface area (Å²) in [5.74, 6) is -3.83. The number of phenols is 1. The van der Waals surface area contributed by atoms with E-state index in [4.69, 9.17) is 9.47 Å². The molecule has 3 atom stereocenters.